The molecule has 0 aromatic heterocycles. The Kier molecular flexibility index (Phi) is 3.42. The third-order valence-electron chi connectivity index (χ3n) is 3.30. The summed E-state index contributed by atoms with van der Waals surface area (Å²) in [4.78, 5) is 14.0. The first-order valence-corrected chi connectivity index (χ1v) is 7.41. The van der Waals surface area contributed by atoms with Gasteiger partial charge in [-0.25, -0.2) is 0 Å². The monoisotopic (exact) mass is 277 g/mol. The van der Waals surface area contributed by atoms with Crippen LogP contribution in [0.2, 0.25) is 0 Å². The highest BCUT2D eigenvalue weighted by Gasteiger charge is 2.39. The lowest BCUT2D eigenvalue weighted by atomic mass is 10.2. The molecule has 3 unspecified atom stereocenters. The molecule has 0 aromatic carbocycles. The Balaban J connectivity index is 2.04. The van der Waals surface area contributed by atoms with E-state index in [1.54, 1.807) is 0 Å². The Labute approximate surface area is 97.9 Å². The molecule has 1 aliphatic heterocycles. The number of carbonyl (C=O) groups is 1. The molecule has 4 heteroatoms. The van der Waals surface area contributed by atoms with E-state index in [1.807, 2.05) is 11.8 Å². The molecule has 0 bridgehead atoms. The van der Waals surface area contributed by atoms with Crippen LogP contribution in [0.5, 0.6) is 0 Å². The van der Waals surface area contributed by atoms with Crippen molar-refractivity contribution in [1.82, 2.24) is 4.90 Å². The molecule has 0 aromatic rings. The largest absolute Gasteiger partial charge is 0.338 e. The minimum atomic E-state index is 0.0885. The molecule has 2 nitrogen and oxygen atoms in total. The number of nitrogens with zero attached hydrogens (tertiary/aromatic N) is 1. The molecule has 3 atom stereocenters. The number of hydrogen-bond donors (Lipinski definition) is 0. The Hall–Kier alpha value is 0.300. The predicted molar refractivity (Wildman–Crippen MR) is 64.0 cm³/mol. The van der Waals surface area contributed by atoms with Gasteiger partial charge in [0.25, 0.3) is 0 Å². The van der Waals surface area contributed by atoms with Crippen LogP contribution in [-0.2, 0) is 4.79 Å². The first kappa shape index (κ1) is 10.8. The molecule has 0 radical (unpaired) electrons. The molecule has 1 saturated heterocycles. The van der Waals surface area contributed by atoms with Crippen molar-refractivity contribution in [2.45, 2.75) is 41.8 Å². The van der Waals surface area contributed by atoms with Crippen molar-refractivity contribution < 1.29 is 4.79 Å². The maximum absolute atomic E-state index is 11.8. The van der Waals surface area contributed by atoms with Crippen molar-refractivity contribution in [3.8, 4) is 0 Å². The summed E-state index contributed by atoms with van der Waals surface area (Å²) in [6.45, 7) is 0.955. The van der Waals surface area contributed by atoms with Crippen molar-refractivity contribution in [3.63, 3.8) is 0 Å². The Morgan fingerprint density at radius 3 is 2.79 bits per heavy atom. The van der Waals surface area contributed by atoms with E-state index in [1.165, 1.54) is 19.3 Å². The van der Waals surface area contributed by atoms with Gasteiger partial charge in [-0.1, -0.05) is 22.4 Å². The lowest BCUT2D eigenvalue weighted by molar-refractivity contribution is -0.128. The first-order valence-electron chi connectivity index (χ1n) is 5.21. The second-order valence-corrected chi connectivity index (χ2v) is 6.24. The van der Waals surface area contributed by atoms with E-state index >= 15 is 0 Å². The molecule has 0 N–H and O–H groups in total. The van der Waals surface area contributed by atoms with Gasteiger partial charge < -0.3 is 4.90 Å². The van der Waals surface area contributed by atoms with Crippen molar-refractivity contribution >= 4 is 33.6 Å². The molecule has 2 aliphatic rings. The number of thioether (sulfide) groups is 1. The van der Waals surface area contributed by atoms with Gasteiger partial charge in [-0.05, 0) is 25.5 Å². The molecule has 80 valence electrons. The van der Waals surface area contributed by atoms with E-state index in [0.29, 0.717) is 17.2 Å². The first-order chi connectivity index (χ1) is 6.74. The summed E-state index contributed by atoms with van der Waals surface area (Å²) in [5.41, 5.74) is 0. The highest BCUT2D eigenvalue weighted by molar-refractivity contribution is 9.10. The lowest BCUT2D eigenvalue weighted by Crippen LogP contribution is -2.41. The molecule has 0 spiro atoms. The maximum atomic E-state index is 11.8. The molecule has 14 heavy (non-hydrogen) atoms. The fourth-order valence-corrected chi connectivity index (χ4v) is 4.00. The number of rotatable bonds is 2. The van der Waals surface area contributed by atoms with Crippen LogP contribution in [-0.4, -0.2) is 39.7 Å². The van der Waals surface area contributed by atoms with Gasteiger partial charge in [0.2, 0.25) is 5.91 Å². The Morgan fingerprint density at radius 2 is 2.21 bits per heavy atom. The normalized spacial score (nSPS) is 38.3. The van der Waals surface area contributed by atoms with Crippen LogP contribution in [0.15, 0.2) is 0 Å². The molecule has 1 saturated carbocycles. The highest BCUT2D eigenvalue weighted by atomic mass is 79.9. The minimum absolute atomic E-state index is 0.0885. The summed E-state index contributed by atoms with van der Waals surface area (Å²) >= 11 is 5.36. The summed E-state index contributed by atoms with van der Waals surface area (Å²) in [6, 6.07) is 0.514. The van der Waals surface area contributed by atoms with E-state index in [9.17, 15) is 4.79 Å². The zero-order chi connectivity index (χ0) is 10.1. The van der Waals surface area contributed by atoms with Crippen molar-refractivity contribution in [2.24, 2.45) is 0 Å². The summed E-state index contributed by atoms with van der Waals surface area (Å²) in [7, 11) is 0. The maximum Gasteiger partial charge on any atom is 0.236 e. The van der Waals surface area contributed by atoms with E-state index < -0.39 is 0 Å². The highest BCUT2D eigenvalue weighted by Crippen LogP contribution is 2.35. The zero-order valence-corrected chi connectivity index (χ0v) is 10.8. The molecule has 1 aliphatic carbocycles. The number of likely N-dealkylation sites (tertiary alicyclic amines) is 1. The standard InChI is InChI=1S/C10H16BrNOS/c1-14-9-4-2-3-8(9)12-6-5-7(11)10(12)13/h7-9H,2-6H2,1H3. The van der Waals surface area contributed by atoms with Crippen LogP contribution in [0.1, 0.15) is 25.7 Å². The van der Waals surface area contributed by atoms with Gasteiger partial charge in [0.1, 0.15) is 0 Å². The van der Waals surface area contributed by atoms with Gasteiger partial charge in [-0.15, -0.1) is 0 Å². The van der Waals surface area contributed by atoms with Crippen LogP contribution < -0.4 is 0 Å². The number of alkyl halides is 1. The van der Waals surface area contributed by atoms with Crippen LogP contribution in [0, 0.1) is 0 Å². The van der Waals surface area contributed by atoms with Gasteiger partial charge in [-0.3, -0.25) is 4.79 Å². The van der Waals surface area contributed by atoms with Gasteiger partial charge in [0.15, 0.2) is 0 Å². The fourth-order valence-electron chi connectivity index (χ4n) is 2.53. The van der Waals surface area contributed by atoms with Crippen molar-refractivity contribution in [3.05, 3.63) is 0 Å². The molecular formula is C10H16BrNOS. The summed E-state index contributed by atoms with van der Waals surface area (Å²) in [5, 5.41) is 0.678. The molecule has 2 rings (SSSR count). The SMILES string of the molecule is CSC1CCCC1N1CCC(Br)C1=O. The second kappa shape index (κ2) is 4.44. The predicted octanol–water partition coefficient (Wildman–Crippen LogP) is 2.27. The smallest absolute Gasteiger partial charge is 0.236 e. The van der Waals surface area contributed by atoms with E-state index in [4.69, 9.17) is 0 Å². The van der Waals surface area contributed by atoms with Crippen molar-refractivity contribution in [1.29, 1.82) is 0 Å². The minimum Gasteiger partial charge on any atom is -0.338 e. The zero-order valence-electron chi connectivity index (χ0n) is 8.41. The Morgan fingerprint density at radius 1 is 1.43 bits per heavy atom. The average molecular weight is 278 g/mol. The number of amides is 1. The molecule has 2 fully saturated rings. The van der Waals surface area contributed by atoms with E-state index in [-0.39, 0.29) is 4.83 Å². The van der Waals surface area contributed by atoms with Crippen LogP contribution in [0.3, 0.4) is 0 Å². The van der Waals surface area contributed by atoms with Gasteiger partial charge >= 0.3 is 0 Å². The van der Waals surface area contributed by atoms with Crippen LogP contribution in [0.25, 0.3) is 0 Å². The van der Waals surface area contributed by atoms with Gasteiger partial charge in [-0.2, -0.15) is 11.8 Å². The third-order valence-corrected chi connectivity index (χ3v) is 5.30. The van der Waals surface area contributed by atoms with E-state index in [2.05, 4.69) is 27.1 Å². The summed E-state index contributed by atoms with van der Waals surface area (Å²) in [6.07, 6.45) is 6.91. The van der Waals surface area contributed by atoms with Gasteiger partial charge in [0, 0.05) is 17.8 Å². The number of hydrogen-bond acceptors (Lipinski definition) is 2. The van der Waals surface area contributed by atoms with E-state index in [0.717, 1.165) is 13.0 Å². The molecule has 1 amide bonds. The number of halogens is 1. The summed E-state index contributed by atoms with van der Waals surface area (Å²) < 4.78 is 0. The quantitative estimate of drug-likeness (QED) is 0.722. The molecular weight excluding hydrogens is 262 g/mol. The van der Waals surface area contributed by atoms with Gasteiger partial charge in [0.05, 0.1) is 4.83 Å². The van der Waals surface area contributed by atoms with Crippen LogP contribution in [0.4, 0.5) is 0 Å². The van der Waals surface area contributed by atoms with Crippen LogP contribution >= 0.6 is 27.7 Å². The lowest BCUT2D eigenvalue weighted by Gasteiger charge is -2.28. The number of carbonyl (C=O) groups excluding carboxylic acids is 1. The fraction of sp³-hybridized carbons (Fsp3) is 0.900. The summed E-state index contributed by atoms with van der Waals surface area (Å²) in [5.74, 6) is 0.316. The average Bonchev–Trinajstić information content (AvgIpc) is 2.75. The molecule has 1 heterocycles. The second-order valence-electron chi connectivity index (χ2n) is 4.06. The Bertz CT molecular complexity index is 236. The topological polar surface area (TPSA) is 20.3 Å². The van der Waals surface area contributed by atoms with Crippen molar-refractivity contribution in [2.75, 3.05) is 12.8 Å². The third kappa shape index (κ3) is 1.83.